The van der Waals surface area contributed by atoms with Gasteiger partial charge in [0.2, 0.25) is 0 Å². The Hall–Kier alpha value is -3.00. The van der Waals surface area contributed by atoms with Gasteiger partial charge in [-0.25, -0.2) is 0 Å². The third-order valence-electron chi connectivity index (χ3n) is 15.2. The maximum atomic E-state index is 2.89. The first kappa shape index (κ1) is 41.7. The standard InChI is InChI=1S/2C26H25.2CH3.2ClH.H2Si.Zr/c2*1-26(13-4-5-14-26)18-19-15-22-9-6-10-24(25(22)16-19)23-12-11-20-7-2-3-8-21(20)17-23;;;;;;/h2*2-3,6-12,15-17H,4-5,13-14,18H2,1H3;2*1H3;2*1H;1H2;. The van der Waals surface area contributed by atoms with Crippen LogP contribution < -0.4 is 0 Å². The number of benzene rings is 6. The van der Waals surface area contributed by atoms with Crippen LogP contribution >= 0.6 is 24.8 Å². The zero-order valence-corrected chi connectivity index (χ0v) is 40.5. The molecule has 4 aliphatic rings. The maximum Gasteiger partial charge on any atom is -0.147 e. The molecule has 0 N–H and O–H groups in total. The quantitative estimate of drug-likeness (QED) is 0.134. The summed E-state index contributed by atoms with van der Waals surface area (Å²) in [6.45, 7) is 7.79. The number of fused-ring (bicyclic) bond motifs is 4. The van der Waals surface area contributed by atoms with Gasteiger partial charge in [0.15, 0.2) is 0 Å². The van der Waals surface area contributed by atoms with Crippen molar-refractivity contribution in [3.8, 4) is 22.3 Å². The Morgan fingerprint density at radius 1 is 0.500 bits per heavy atom. The van der Waals surface area contributed by atoms with Crippen LogP contribution in [0.5, 0.6) is 0 Å². The van der Waals surface area contributed by atoms with E-state index in [4.69, 9.17) is 0 Å². The fourth-order valence-electron chi connectivity index (χ4n) is 12.7. The molecule has 0 aliphatic heterocycles. The number of hydrogen-bond donors (Lipinski definition) is 0. The molecule has 0 saturated heterocycles. The number of hydrogen-bond acceptors (Lipinski definition) is 0. The van der Waals surface area contributed by atoms with Gasteiger partial charge in [0.05, 0.1) is 0 Å². The third kappa shape index (κ3) is 7.21. The minimum Gasteiger partial charge on any atom is -0.147 e. The zero-order valence-electron chi connectivity index (χ0n) is 35.0. The van der Waals surface area contributed by atoms with Crippen LogP contribution in [0.25, 0.3) is 56.0 Å². The van der Waals surface area contributed by atoms with E-state index in [1.807, 2.05) is 0 Å². The predicted octanol–water partition coefficient (Wildman–Crippen LogP) is 16.0. The molecule has 10 rings (SSSR count). The van der Waals surface area contributed by atoms with Gasteiger partial charge < -0.3 is 0 Å². The van der Waals surface area contributed by atoms with Crippen molar-refractivity contribution in [3.05, 3.63) is 155 Å². The number of allylic oxidation sites excluding steroid dienone is 2. The fourth-order valence-corrected chi connectivity index (χ4v) is 32.3. The summed E-state index contributed by atoms with van der Waals surface area (Å²) in [6, 6.07) is 46.7. The molecule has 6 aromatic carbocycles. The average molecular weight is 899 g/mol. The van der Waals surface area contributed by atoms with E-state index in [9.17, 15) is 0 Å². The minimum atomic E-state index is -3.93. The summed E-state index contributed by atoms with van der Waals surface area (Å²) in [4.78, 5) is 0. The SMILES string of the molecule is CC1(CC2=Cc3c(-c4ccc5ccccc5c4)cccc3[CH]2[Zr]([CH3])([CH3])(=[SiH2])[CH]2C(CC3(C)CCCC3)=Cc3c(-c4ccc5ccccc5c4)cccc32)CCCC1.Cl.Cl. The second-order valence-electron chi connectivity index (χ2n) is 20.4. The molecule has 4 aliphatic carbocycles. The van der Waals surface area contributed by atoms with E-state index >= 15 is 0 Å². The molecule has 2 fully saturated rings. The van der Waals surface area contributed by atoms with Gasteiger partial charge in [-0.05, 0) is 0 Å². The first-order valence-electron chi connectivity index (χ1n) is 21.7. The Labute approximate surface area is 362 Å². The first-order valence-corrected chi connectivity index (χ1v) is 35.4. The molecule has 0 spiro atoms. The molecule has 4 heteroatoms. The summed E-state index contributed by atoms with van der Waals surface area (Å²) in [5, 5.41) is 5.29. The summed E-state index contributed by atoms with van der Waals surface area (Å²) in [5.74, 6) is 0. The molecule has 0 radical (unpaired) electrons. The van der Waals surface area contributed by atoms with E-state index in [1.165, 1.54) is 119 Å². The molecule has 2 saturated carbocycles. The van der Waals surface area contributed by atoms with E-state index in [2.05, 4.69) is 163 Å². The van der Waals surface area contributed by atoms with Gasteiger partial charge in [0.1, 0.15) is 0 Å². The van der Waals surface area contributed by atoms with Crippen molar-refractivity contribution in [2.45, 2.75) is 94.6 Å². The average Bonchev–Trinajstić information content (AvgIpc) is 3.99. The molecule has 2 unspecified atom stereocenters. The van der Waals surface area contributed by atoms with E-state index in [0.29, 0.717) is 18.1 Å². The second-order valence-corrected chi connectivity index (χ2v) is 50.8. The van der Waals surface area contributed by atoms with Crippen LogP contribution in [0.4, 0.5) is 0 Å². The molecule has 2 atom stereocenters. The summed E-state index contributed by atoms with van der Waals surface area (Å²) in [5.41, 5.74) is 16.1. The van der Waals surface area contributed by atoms with Gasteiger partial charge in [-0.2, -0.15) is 0 Å². The summed E-state index contributed by atoms with van der Waals surface area (Å²) < 4.78 is 6.81. The molecule has 0 aromatic heterocycles. The van der Waals surface area contributed by atoms with Crippen LogP contribution in [0.2, 0.25) is 9.26 Å². The van der Waals surface area contributed by atoms with Crippen LogP contribution in [0.15, 0.2) is 132 Å². The number of halogens is 2. The molecule has 0 amide bonds. The van der Waals surface area contributed by atoms with Gasteiger partial charge in [-0.1, -0.05) is 0 Å². The molecule has 298 valence electrons. The van der Waals surface area contributed by atoms with E-state index < -0.39 is 17.4 Å². The Morgan fingerprint density at radius 3 is 1.28 bits per heavy atom. The van der Waals surface area contributed by atoms with E-state index in [-0.39, 0.29) is 24.8 Å². The van der Waals surface area contributed by atoms with Crippen molar-refractivity contribution in [2.24, 2.45) is 10.8 Å². The topological polar surface area (TPSA) is 0 Å². The van der Waals surface area contributed by atoms with Crippen LogP contribution in [0.3, 0.4) is 0 Å². The van der Waals surface area contributed by atoms with Gasteiger partial charge in [-0.3, -0.25) is 0 Å². The first-order chi connectivity index (χ1) is 27.0. The maximum absolute atomic E-state index is 3.93. The molecule has 58 heavy (non-hydrogen) atoms. The van der Waals surface area contributed by atoms with Gasteiger partial charge in [0.25, 0.3) is 0 Å². The Bertz CT molecular complexity index is 2500. The fraction of sp³-hybridized carbons (Fsp3) is 0.333. The van der Waals surface area contributed by atoms with Crippen molar-refractivity contribution < 1.29 is 17.4 Å². The van der Waals surface area contributed by atoms with Crippen LogP contribution in [0.1, 0.15) is 108 Å². The van der Waals surface area contributed by atoms with Crippen molar-refractivity contribution in [1.29, 1.82) is 0 Å². The smallest absolute Gasteiger partial charge is 0.147 e. The summed E-state index contributed by atoms with van der Waals surface area (Å²) >= 11 is -3.93. The Balaban J connectivity index is 0.00000235. The normalized spacial score (nSPS) is 20.6. The molecule has 6 aromatic rings. The Morgan fingerprint density at radius 2 is 0.879 bits per heavy atom. The van der Waals surface area contributed by atoms with Crippen LogP contribution in [0, 0.1) is 10.8 Å². The monoisotopic (exact) mass is 896 g/mol. The predicted molar refractivity (Wildman–Crippen MR) is 257 cm³/mol. The molecule has 0 nitrogen and oxygen atoms in total. The van der Waals surface area contributed by atoms with Crippen molar-refractivity contribution in [1.82, 2.24) is 0 Å². The van der Waals surface area contributed by atoms with Crippen molar-refractivity contribution >= 4 is 65.4 Å². The van der Waals surface area contributed by atoms with Crippen LogP contribution in [-0.2, 0) is 17.4 Å². The van der Waals surface area contributed by atoms with Gasteiger partial charge in [-0.15, -0.1) is 24.8 Å². The minimum absolute atomic E-state index is 0. The number of rotatable bonds is 8. The summed E-state index contributed by atoms with van der Waals surface area (Å²) in [7, 11) is 0. The molecule has 0 heterocycles. The molecular weight excluding hydrogens is 839 g/mol. The third-order valence-corrected chi connectivity index (χ3v) is 32.7. The molecular formula is C54H60Cl2SiZr. The van der Waals surface area contributed by atoms with Crippen molar-refractivity contribution in [2.75, 3.05) is 0 Å². The van der Waals surface area contributed by atoms with Gasteiger partial charge >= 0.3 is 340 Å². The largest absolute Gasteiger partial charge is 0.147 e. The van der Waals surface area contributed by atoms with Gasteiger partial charge in [0, 0.05) is 0 Å². The molecule has 0 bridgehead atoms. The van der Waals surface area contributed by atoms with E-state index in [0.717, 1.165) is 0 Å². The second kappa shape index (κ2) is 15.5. The van der Waals surface area contributed by atoms with E-state index in [1.54, 1.807) is 22.3 Å². The van der Waals surface area contributed by atoms with Crippen molar-refractivity contribution in [3.63, 3.8) is 0 Å². The Kier molecular flexibility index (Phi) is 11.1. The van der Waals surface area contributed by atoms with Crippen LogP contribution in [-0.4, -0.2) is 6.88 Å². The summed E-state index contributed by atoms with van der Waals surface area (Å²) in [6.07, 6.45) is 18.9. The zero-order chi connectivity index (χ0) is 38.3.